The number of hydrogen-bond acceptors (Lipinski definition) is 3. The second kappa shape index (κ2) is 4.55. The fourth-order valence-electron chi connectivity index (χ4n) is 1.55. The Hall–Kier alpha value is -0.900. The number of carboxylic acids is 1. The minimum atomic E-state index is -0.850. The molecule has 1 aromatic rings. The monoisotopic (exact) mass is 213 g/mol. The summed E-state index contributed by atoms with van der Waals surface area (Å²) in [7, 11) is 0. The summed E-state index contributed by atoms with van der Waals surface area (Å²) in [6.07, 6.45) is 1.89. The number of thiazole rings is 1. The molecule has 3 nitrogen and oxygen atoms in total. The molecule has 0 bridgehead atoms. The first-order valence-electron chi connectivity index (χ1n) is 4.80. The summed E-state index contributed by atoms with van der Waals surface area (Å²) in [6, 6.07) is 0. The maximum absolute atomic E-state index is 10.9. The third-order valence-corrected chi connectivity index (χ3v) is 3.30. The molecule has 0 aliphatic rings. The number of aromatic nitrogens is 1. The van der Waals surface area contributed by atoms with Gasteiger partial charge in [0.05, 0.1) is 10.7 Å². The molecular weight excluding hydrogens is 198 g/mol. The highest BCUT2D eigenvalue weighted by molar-refractivity contribution is 7.13. The Labute approximate surface area is 87.8 Å². The van der Waals surface area contributed by atoms with Gasteiger partial charge in [0, 0.05) is 5.92 Å². The van der Waals surface area contributed by atoms with Crippen LogP contribution in [0.5, 0.6) is 0 Å². The first-order valence-corrected chi connectivity index (χ1v) is 5.62. The molecule has 0 fully saturated rings. The number of nitrogens with zero attached hydrogens (tertiary/aromatic N) is 1. The maximum Gasteiger partial charge on any atom is 0.347 e. The number of carboxylic acid groups (broad SMARTS) is 1. The highest BCUT2D eigenvalue weighted by Crippen LogP contribution is 2.29. The average molecular weight is 213 g/mol. The predicted octanol–water partition coefficient (Wildman–Crippen LogP) is 3.05. The largest absolute Gasteiger partial charge is 0.477 e. The molecule has 1 heterocycles. The lowest BCUT2D eigenvalue weighted by molar-refractivity contribution is 0.0700. The quantitative estimate of drug-likeness (QED) is 0.836. The van der Waals surface area contributed by atoms with Crippen molar-refractivity contribution in [3.05, 3.63) is 15.6 Å². The SMILES string of the molecule is CCC(CC)c1nc(C)sc1C(=O)O. The number of aryl methyl sites for hydroxylation is 1. The van der Waals surface area contributed by atoms with Crippen LogP contribution in [-0.2, 0) is 0 Å². The zero-order valence-electron chi connectivity index (χ0n) is 8.70. The summed E-state index contributed by atoms with van der Waals surface area (Å²) in [5, 5.41) is 9.83. The molecule has 1 aromatic heterocycles. The van der Waals surface area contributed by atoms with Crippen LogP contribution in [0, 0.1) is 6.92 Å². The normalized spacial score (nSPS) is 10.9. The fraction of sp³-hybridized carbons (Fsp3) is 0.600. The second-order valence-corrected chi connectivity index (χ2v) is 4.47. The van der Waals surface area contributed by atoms with E-state index in [-0.39, 0.29) is 5.92 Å². The van der Waals surface area contributed by atoms with Crippen molar-refractivity contribution in [2.45, 2.75) is 39.5 Å². The van der Waals surface area contributed by atoms with E-state index in [0.29, 0.717) is 4.88 Å². The van der Waals surface area contributed by atoms with Crippen LogP contribution >= 0.6 is 11.3 Å². The first kappa shape index (κ1) is 11.2. The maximum atomic E-state index is 10.9. The molecule has 0 radical (unpaired) electrons. The number of rotatable bonds is 4. The van der Waals surface area contributed by atoms with Crippen molar-refractivity contribution in [3.8, 4) is 0 Å². The van der Waals surface area contributed by atoms with Crippen molar-refractivity contribution in [1.82, 2.24) is 4.98 Å². The lowest BCUT2D eigenvalue weighted by Gasteiger charge is -2.09. The Morgan fingerprint density at radius 2 is 2.07 bits per heavy atom. The van der Waals surface area contributed by atoms with Crippen LogP contribution in [-0.4, -0.2) is 16.1 Å². The molecule has 0 saturated carbocycles. The molecule has 0 aliphatic heterocycles. The smallest absolute Gasteiger partial charge is 0.347 e. The third-order valence-electron chi connectivity index (χ3n) is 2.33. The predicted molar refractivity (Wildman–Crippen MR) is 57.1 cm³/mol. The average Bonchev–Trinajstić information content (AvgIpc) is 2.50. The molecule has 0 aromatic carbocycles. The van der Waals surface area contributed by atoms with Crippen molar-refractivity contribution in [3.63, 3.8) is 0 Å². The summed E-state index contributed by atoms with van der Waals surface area (Å²) >= 11 is 1.27. The van der Waals surface area contributed by atoms with Gasteiger partial charge in [-0.15, -0.1) is 11.3 Å². The van der Waals surface area contributed by atoms with Gasteiger partial charge in [-0.2, -0.15) is 0 Å². The van der Waals surface area contributed by atoms with Crippen LogP contribution in [0.1, 0.15) is 53.0 Å². The molecule has 0 aliphatic carbocycles. The summed E-state index contributed by atoms with van der Waals surface area (Å²) < 4.78 is 0. The van der Waals surface area contributed by atoms with Crippen LogP contribution in [0.4, 0.5) is 0 Å². The molecule has 0 atom stereocenters. The zero-order valence-corrected chi connectivity index (χ0v) is 9.52. The van der Waals surface area contributed by atoms with Gasteiger partial charge in [-0.1, -0.05) is 13.8 Å². The topological polar surface area (TPSA) is 50.2 Å². The summed E-state index contributed by atoms with van der Waals surface area (Å²) in [5.74, 6) is -0.566. The van der Waals surface area contributed by atoms with E-state index < -0.39 is 5.97 Å². The van der Waals surface area contributed by atoms with Gasteiger partial charge in [0.1, 0.15) is 4.88 Å². The van der Waals surface area contributed by atoms with Crippen molar-refractivity contribution in [2.24, 2.45) is 0 Å². The summed E-state index contributed by atoms with van der Waals surface area (Å²) in [6.45, 7) is 5.98. The molecule has 4 heteroatoms. The third kappa shape index (κ3) is 2.12. The van der Waals surface area contributed by atoms with E-state index in [1.807, 2.05) is 6.92 Å². The number of aromatic carboxylic acids is 1. The Kier molecular flexibility index (Phi) is 3.63. The van der Waals surface area contributed by atoms with Gasteiger partial charge in [0.25, 0.3) is 0 Å². The van der Waals surface area contributed by atoms with E-state index in [9.17, 15) is 4.79 Å². The van der Waals surface area contributed by atoms with Crippen LogP contribution in [0.3, 0.4) is 0 Å². The van der Waals surface area contributed by atoms with Crippen LogP contribution in [0.15, 0.2) is 0 Å². The van der Waals surface area contributed by atoms with Crippen molar-refractivity contribution < 1.29 is 9.90 Å². The van der Waals surface area contributed by atoms with Crippen LogP contribution in [0.2, 0.25) is 0 Å². The second-order valence-electron chi connectivity index (χ2n) is 3.27. The van der Waals surface area contributed by atoms with Crippen molar-refractivity contribution in [1.29, 1.82) is 0 Å². The summed E-state index contributed by atoms with van der Waals surface area (Å²) in [5.41, 5.74) is 0.769. The van der Waals surface area contributed by atoms with E-state index in [1.165, 1.54) is 11.3 Å². The van der Waals surface area contributed by atoms with Gasteiger partial charge < -0.3 is 5.11 Å². The van der Waals surface area contributed by atoms with Crippen LogP contribution in [0.25, 0.3) is 0 Å². The molecule has 1 N–H and O–H groups in total. The van der Waals surface area contributed by atoms with E-state index in [2.05, 4.69) is 18.8 Å². The summed E-state index contributed by atoms with van der Waals surface area (Å²) in [4.78, 5) is 15.7. The fourth-order valence-corrected chi connectivity index (χ4v) is 2.39. The van der Waals surface area contributed by atoms with Gasteiger partial charge in [-0.3, -0.25) is 0 Å². The van der Waals surface area contributed by atoms with Crippen molar-refractivity contribution >= 4 is 17.3 Å². The highest BCUT2D eigenvalue weighted by Gasteiger charge is 2.21. The Bertz CT molecular complexity index is 329. The minimum Gasteiger partial charge on any atom is -0.477 e. The van der Waals surface area contributed by atoms with E-state index in [1.54, 1.807) is 0 Å². The van der Waals surface area contributed by atoms with Gasteiger partial charge in [-0.25, -0.2) is 9.78 Å². The number of carbonyl (C=O) groups is 1. The molecule has 14 heavy (non-hydrogen) atoms. The van der Waals surface area contributed by atoms with Gasteiger partial charge in [-0.05, 0) is 19.8 Å². The molecule has 0 unspecified atom stereocenters. The Morgan fingerprint density at radius 3 is 2.50 bits per heavy atom. The Balaban J connectivity index is 3.11. The number of hydrogen-bond donors (Lipinski definition) is 1. The van der Waals surface area contributed by atoms with E-state index >= 15 is 0 Å². The molecule has 1 rings (SSSR count). The molecule has 0 amide bonds. The lowest BCUT2D eigenvalue weighted by Crippen LogP contribution is -2.04. The molecule has 0 spiro atoms. The molecular formula is C10H15NO2S. The standard InChI is InChI=1S/C10H15NO2S/c1-4-7(5-2)8-9(10(12)13)14-6(3)11-8/h7H,4-5H2,1-3H3,(H,12,13). The highest BCUT2D eigenvalue weighted by atomic mass is 32.1. The minimum absolute atomic E-state index is 0.283. The first-order chi connectivity index (χ1) is 6.60. The van der Waals surface area contributed by atoms with Gasteiger partial charge >= 0.3 is 5.97 Å². The van der Waals surface area contributed by atoms with Crippen LogP contribution < -0.4 is 0 Å². The van der Waals surface area contributed by atoms with E-state index in [0.717, 1.165) is 23.5 Å². The molecule has 78 valence electrons. The van der Waals surface area contributed by atoms with Crippen molar-refractivity contribution in [2.75, 3.05) is 0 Å². The zero-order chi connectivity index (χ0) is 10.7. The van der Waals surface area contributed by atoms with Gasteiger partial charge in [0.15, 0.2) is 0 Å². The Morgan fingerprint density at radius 1 is 1.50 bits per heavy atom. The van der Waals surface area contributed by atoms with E-state index in [4.69, 9.17) is 5.11 Å². The molecule has 0 saturated heterocycles. The van der Waals surface area contributed by atoms with Gasteiger partial charge in [0.2, 0.25) is 0 Å². The lowest BCUT2D eigenvalue weighted by atomic mass is 9.98.